The number of allylic oxidation sites excluding steroid dienone is 1. The maximum atomic E-state index is 12.5. The summed E-state index contributed by atoms with van der Waals surface area (Å²) in [6, 6.07) is 0. The molecule has 1 aromatic heterocycles. The lowest BCUT2D eigenvalue weighted by molar-refractivity contribution is -0.128. The summed E-state index contributed by atoms with van der Waals surface area (Å²) in [5.74, 6) is 0.901. The minimum absolute atomic E-state index is 0.291. The van der Waals surface area contributed by atoms with Crippen molar-refractivity contribution in [1.29, 1.82) is 0 Å². The van der Waals surface area contributed by atoms with Crippen LogP contribution in [-0.4, -0.2) is 38.7 Å². The van der Waals surface area contributed by atoms with Crippen LogP contribution in [0.5, 0.6) is 0 Å². The Morgan fingerprint density at radius 2 is 2.15 bits per heavy atom. The van der Waals surface area contributed by atoms with Gasteiger partial charge in [-0.15, -0.1) is 0 Å². The van der Waals surface area contributed by atoms with Gasteiger partial charge in [-0.3, -0.25) is 9.48 Å². The molecule has 108 valence electrons. The molecular weight excluding hydrogens is 252 g/mol. The summed E-state index contributed by atoms with van der Waals surface area (Å²) in [5.41, 5.74) is 2.39. The Bertz CT molecular complexity index is 498. The fraction of sp³-hybridized carbons (Fsp3) is 0.667. The van der Waals surface area contributed by atoms with E-state index >= 15 is 0 Å². The van der Waals surface area contributed by atoms with E-state index in [4.69, 9.17) is 0 Å². The third-order valence-corrected chi connectivity index (χ3v) is 4.57. The van der Waals surface area contributed by atoms with Crippen LogP contribution in [0.25, 0.3) is 0 Å². The van der Waals surface area contributed by atoms with Crippen molar-refractivity contribution in [3.8, 4) is 0 Å². The predicted molar refractivity (Wildman–Crippen MR) is 75.9 cm³/mol. The second-order valence-corrected chi connectivity index (χ2v) is 5.97. The molecule has 20 heavy (non-hydrogen) atoms. The van der Waals surface area contributed by atoms with Gasteiger partial charge in [0.05, 0.1) is 0 Å². The van der Waals surface area contributed by atoms with Crippen LogP contribution in [0.4, 0.5) is 0 Å². The van der Waals surface area contributed by atoms with E-state index in [0.717, 1.165) is 57.3 Å². The maximum Gasteiger partial charge on any atom is 0.249 e. The molecule has 0 spiro atoms. The predicted octanol–water partition coefficient (Wildman–Crippen LogP) is 2.02. The van der Waals surface area contributed by atoms with Gasteiger partial charge in [0, 0.05) is 25.2 Å². The van der Waals surface area contributed by atoms with Crippen molar-refractivity contribution in [2.45, 2.75) is 45.6 Å². The lowest BCUT2D eigenvalue weighted by Crippen LogP contribution is -2.40. The van der Waals surface area contributed by atoms with E-state index in [1.165, 1.54) is 5.57 Å². The summed E-state index contributed by atoms with van der Waals surface area (Å²) >= 11 is 0. The molecule has 1 amide bonds. The summed E-state index contributed by atoms with van der Waals surface area (Å²) < 4.78 is 1.89. The fourth-order valence-corrected chi connectivity index (χ4v) is 3.29. The van der Waals surface area contributed by atoms with Crippen molar-refractivity contribution in [2.75, 3.05) is 13.1 Å². The minimum Gasteiger partial charge on any atom is -0.339 e. The molecule has 0 bridgehead atoms. The number of hydrogen-bond donors (Lipinski definition) is 0. The maximum absolute atomic E-state index is 12.5. The summed E-state index contributed by atoms with van der Waals surface area (Å²) in [6.45, 7) is 4.80. The van der Waals surface area contributed by atoms with Crippen LogP contribution in [-0.2, 0) is 11.3 Å². The summed E-state index contributed by atoms with van der Waals surface area (Å²) in [4.78, 5) is 18.5. The standard InChI is InChI=1S/C15H22N4O/c1-12-3-2-4-14(12)15(20)18-7-5-13(6-8-18)9-19-11-16-10-17-19/h10-11,13H,2-9H2,1H3. The number of piperidine rings is 1. The molecule has 2 heterocycles. The molecule has 2 aliphatic rings. The van der Waals surface area contributed by atoms with E-state index in [1.54, 1.807) is 12.7 Å². The Labute approximate surface area is 119 Å². The lowest BCUT2D eigenvalue weighted by atomic mass is 9.96. The number of likely N-dealkylation sites (tertiary alicyclic amines) is 1. The van der Waals surface area contributed by atoms with E-state index in [9.17, 15) is 4.79 Å². The first-order valence-corrected chi connectivity index (χ1v) is 7.54. The van der Waals surface area contributed by atoms with Gasteiger partial charge in [-0.2, -0.15) is 5.10 Å². The monoisotopic (exact) mass is 274 g/mol. The highest BCUT2D eigenvalue weighted by atomic mass is 16.2. The molecule has 3 rings (SSSR count). The fourth-order valence-electron chi connectivity index (χ4n) is 3.29. The third-order valence-electron chi connectivity index (χ3n) is 4.57. The number of carbonyl (C=O) groups excluding carboxylic acids is 1. The average molecular weight is 274 g/mol. The van der Waals surface area contributed by atoms with E-state index < -0.39 is 0 Å². The first-order chi connectivity index (χ1) is 9.74. The molecule has 0 aromatic carbocycles. The van der Waals surface area contributed by atoms with Crippen molar-refractivity contribution >= 4 is 5.91 Å². The van der Waals surface area contributed by atoms with Gasteiger partial charge < -0.3 is 4.90 Å². The van der Waals surface area contributed by atoms with Crippen molar-refractivity contribution in [3.05, 3.63) is 23.8 Å². The van der Waals surface area contributed by atoms with Gasteiger partial charge in [0.15, 0.2) is 0 Å². The van der Waals surface area contributed by atoms with Gasteiger partial charge in [-0.25, -0.2) is 4.98 Å². The van der Waals surface area contributed by atoms with Crippen molar-refractivity contribution in [2.24, 2.45) is 5.92 Å². The average Bonchev–Trinajstić information content (AvgIpc) is 3.10. The normalized spacial score (nSPS) is 20.8. The number of hydrogen-bond acceptors (Lipinski definition) is 3. The molecule has 0 radical (unpaired) electrons. The zero-order valence-electron chi connectivity index (χ0n) is 12.1. The number of nitrogens with zero attached hydrogens (tertiary/aromatic N) is 4. The summed E-state index contributed by atoms with van der Waals surface area (Å²) in [7, 11) is 0. The van der Waals surface area contributed by atoms with E-state index in [1.807, 2.05) is 9.58 Å². The smallest absolute Gasteiger partial charge is 0.249 e. The van der Waals surface area contributed by atoms with Crippen LogP contribution >= 0.6 is 0 Å². The van der Waals surface area contributed by atoms with Gasteiger partial charge in [0.2, 0.25) is 5.91 Å². The highest BCUT2D eigenvalue weighted by molar-refractivity contribution is 5.94. The van der Waals surface area contributed by atoms with Crippen LogP contribution < -0.4 is 0 Å². The van der Waals surface area contributed by atoms with Crippen LogP contribution in [0.3, 0.4) is 0 Å². The Kier molecular flexibility index (Phi) is 3.85. The molecule has 1 aromatic rings. The number of rotatable bonds is 3. The van der Waals surface area contributed by atoms with Gasteiger partial charge in [0.1, 0.15) is 12.7 Å². The highest BCUT2D eigenvalue weighted by Crippen LogP contribution is 2.28. The lowest BCUT2D eigenvalue weighted by Gasteiger charge is -2.32. The Morgan fingerprint density at radius 3 is 2.75 bits per heavy atom. The number of carbonyl (C=O) groups is 1. The SMILES string of the molecule is CC1=C(C(=O)N2CCC(Cn3cncn3)CC2)CCC1. The van der Waals surface area contributed by atoms with E-state index in [0.29, 0.717) is 11.8 Å². The van der Waals surface area contributed by atoms with Crippen LogP contribution in [0.15, 0.2) is 23.8 Å². The second-order valence-electron chi connectivity index (χ2n) is 5.97. The molecular formula is C15H22N4O. The Balaban J connectivity index is 1.53. The van der Waals surface area contributed by atoms with Crippen molar-refractivity contribution in [3.63, 3.8) is 0 Å². The minimum atomic E-state index is 0.291. The molecule has 0 unspecified atom stereocenters. The third kappa shape index (κ3) is 2.76. The largest absolute Gasteiger partial charge is 0.339 e. The van der Waals surface area contributed by atoms with Crippen molar-refractivity contribution in [1.82, 2.24) is 19.7 Å². The molecule has 1 saturated heterocycles. The second kappa shape index (κ2) is 5.77. The Morgan fingerprint density at radius 1 is 1.35 bits per heavy atom. The number of aromatic nitrogens is 3. The summed E-state index contributed by atoms with van der Waals surface area (Å²) in [5, 5.41) is 4.15. The molecule has 1 fully saturated rings. The van der Waals surface area contributed by atoms with Gasteiger partial charge in [-0.1, -0.05) is 5.57 Å². The van der Waals surface area contributed by atoms with Crippen molar-refractivity contribution < 1.29 is 4.79 Å². The summed E-state index contributed by atoms with van der Waals surface area (Å²) in [6.07, 6.45) is 8.71. The van der Waals surface area contributed by atoms with Gasteiger partial charge >= 0.3 is 0 Å². The first-order valence-electron chi connectivity index (χ1n) is 7.54. The topological polar surface area (TPSA) is 51.0 Å². The van der Waals surface area contributed by atoms with E-state index in [-0.39, 0.29) is 0 Å². The molecule has 5 heteroatoms. The highest BCUT2D eigenvalue weighted by Gasteiger charge is 2.27. The molecule has 1 aliphatic carbocycles. The molecule has 1 aliphatic heterocycles. The molecule has 0 saturated carbocycles. The van der Waals surface area contributed by atoms with Crippen LogP contribution in [0.1, 0.15) is 39.0 Å². The van der Waals surface area contributed by atoms with Gasteiger partial charge in [-0.05, 0) is 44.9 Å². The quantitative estimate of drug-likeness (QED) is 0.847. The molecule has 0 atom stereocenters. The zero-order valence-corrected chi connectivity index (χ0v) is 12.1. The first kappa shape index (κ1) is 13.3. The molecule has 5 nitrogen and oxygen atoms in total. The van der Waals surface area contributed by atoms with E-state index in [2.05, 4.69) is 17.0 Å². The number of amides is 1. The Hall–Kier alpha value is -1.65. The zero-order chi connectivity index (χ0) is 13.9. The van der Waals surface area contributed by atoms with Crippen LogP contribution in [0, 0.1) is 5.92 Å². The van der Waals surface area contributed by atoms with Crippen LogP contribution in [0.2, 0.25) is 0 Å². The molecule has 0 N–H and O–H groups in total. The van der Waals surface area contributed by atoms with Gasteiger partial charge in [0.25, 0.3) is 0 Å².